The van der Waals surface area contributed by atoms with Gasteiger partial charge in [-0.15, -0.1) is 0 Å². The lowest BCUT2D eigenvalue weighted by Gasteiger charge is -2.32. The molecule has 0 aliphatic carbocycles. The Hall–Kier alpha value is -3.89. The highest BCUT2D eigenvalue weighted by molar-refractivity contribution is 5.94. The molecule has 0 saturated carbocycles. The number of nitro benzene ring substituents is 1. The zero-order chi connectivity index (χ0) is 20.2. The molecule has 11 heteroatoms. The van der Waals surface area contributed by atoms with Gasteiger partial charge in [0.15, 0.2) is 5.82 Å². The first-order valence-electron chi connectivity index (χ1n) is 9.08. The molecule has 0 atom stereocenters. The predicted molar refractivity (Wildman–Crippen MR) is 104 cm³/mol. The van der Waals surface area contributed by atoms with Crippen LogP contribution in [0.25, 0.3) is 5.82 Å². The maximum Gasteiger partial charge on any atom is 0.292 e. The van der Waals surface area contributed by atoms with Gasteiger partial charge in [0.1, 0.15) is 30.5 Å². The molecular weight excluding hydrogens is 376 g/mol. The summed E-state index contributed by atoms with van der Waals surface area (Å²) < 4.78 is 1.55. The lowest BCUT2D eigenvalue weighted by molar-refractivity contribution is -0.383. The number of rotatable bonds is 5. The van der Waals surface area contributed by atoms with Gasteiger partial charge >= 0.3 is 0 Å². The standard InChI is InChI=1S/C18H18N8O3/c27-18(23-14-3-1-2-4-15(14)26(28)29)13-5-7-24(8-6-13)16-9-17(21-11-20-16)25-12-19-10-22-25/h1-4,9-13H,5-8H2,(H,23,27). The van der Waals surface area contributed by atoms with Crippen LogP contribution in [0.15, 0.2) is 49.3 Å². The number of carbonyl (C=O) groups is 1. The van der Waals surface area contributed by atoms with Gasteiger partial charge in [0.05, 0.1) is 4.92 Å². The number of amides is 1. The molecule has 148 valence electrons. The quantitative estimate of drug-likeness (QED) is 0.512. The molecule has 1 aromatic carbocycles. The fraction of sp³-hybridized carbons (Fsp3) is 0.278. The molecular formula is C18H18N8O3. The Kier molecular flexibility index (Phi) is 5.10. The van der Waals surface area contributed by atoms with Gasteiger partial charge in [0.25, 0.3) is 5.69 Å². The summed E-state index contributed by atoms with van der Waals surface area (Å²) in [4.78, 5) is 37.7. The van der Waals surface area contributed by atoms with Crippen molar-refractivity contribution >= 4 is 23.1 Å². The molecule has 3 heterocycles. The average molecular weight is 394 g/mol. The van der Waals surface area contributed by atoms with Crippen LogP contribution in [0, 0.1) is 16.0 Å². The Labute approximate surface area is 165 Å². The molecule has 0 radical (unpaired) electrons. The van der Waals surface area contributed by atoms with E-state index in [2.05, 4.69) is 30.3 Å². The molecule has 0 spiro atoms. The molecule has 1 aliphatic rings. The van der Waals surface area contributed by atoms with Crippen LogP contribution in [0.3, 0.4) is 0 Å². The molecule has 0 bridgehead atoms. The number of anilines is 2. The number of hydrogen-bond donors (Lipinski definition) is 1. The van der Waals surface area contributed by atoms with E-state index in [1.165, 1.54) is 24.8 Å². The molecule has 4 rings (SSSR count). The smallest absolute Gasteiger partial charge is 0.292 e. The van der Waals surface area contributed by atoms with Gasteiger partial charge in [-0.3, -0.25) is 14.9 Å². The maximum atomic E-state index is 12.6. The van der Waals surface area contributed by atoms with Crippen molar-refractivity contribution in [3.8, 4) is 5.82 Å². The van der Waals surface area contributed by atoms with Crippen molar-refractivity contribution in [1.29, 1.82) is 0 Å². The number of aromatic nitrogens is 5. The third kappa shape index (κ3) is 4.03. The van der Waals surface area contributed by atoms with Crippen LogP contribution in [-0.2, 0) is 4.79 Å². The highest BCUT2D eigenvalue weighted by atomic mass is 16.6. The summed E-state index contributed by atoms with van der Waals surface area (Å²) >= 11 is 0. The van der Waals surface area contributed by atoms with E-state index >= 15 is 0 Å². The van der Waals surface area contributed by atoms with Crippen LogP contribution in [0.5, 0.6) is 0 Å². The second-order valence-electron chi connectivity index (χ2n) is 6.60. The first kappa shape index (κ1) is 18.5. The van der Waals surface area contributed by atoms with Crippen molar-refractivity contribution in [3.05, 3.63) is 59.4 Å². The minimum absolute atomic E-state index is 0.111. The van der Waals surface area contributed by atoms with Crippen LogP contribution >= 0.6 is 0 Å². The lowest BCUT2D eigenvalue weighted by Crippen LogP contribution is -2.38. The SMILES string of the molecule is O=C(Nc1ccccc1[N+](=O)[O-])C1CCN(c2cc(-n3cncn3)ncn2)CC1. The van der Waals surface area contributed by atoms with Crippen LogP contribution < -0.4 is 10.2 Å². The summed E-state index contributed by atoms with van der Waals surface area (Å²) in [6.07, 6.45) is 5.71. The van der Waals surface area contributed by atoms with E-state index in [1.807, 2.05) is 6.07 Å². The lowest BCUT2D eigenvalue weighted by atomic mass is 9.95. The summed E-state index contributed by atoms with van der Waals surface area (Å²) in [5.41, 5.74) is 0.109. The highest BCUT2D eigenvalue weighted by Crippen LogP contribution is 2.27. The van der Waals surface area contributed by atoms with Crippen molar-refractivity contribution in [2.45, 2.75) is 12.8 Å². The van der Waals surface area contributed by atoms with E-state index in [0.717, 1.165) is 5.82 Å². The number of para-hydroxylation sites is 2. The zero-order valence-electron chi connectivity index (χ0n) is 15.4. The van der Waals surface area contributed by atoms with Crippen molar-refractivity contribution < 1.29 is 9.72 Å². The van der Waals surface area contributed by atoms with E-state index in [1.54, 1.807) is 23.1 Å². The minimum atomic E-state index is -0.500. The monoisotopic (exact) mass is 394 g/mol. The molecule has 1 amide bonds. The summed E-state index contributed by atoms with van der Waals surface area (Å²) in [6, 6.07) is 7.97. The second kappa shape index (κ2) is 8.00. The average Bonchev–Trinajstić information content (AvgIpc) is 3.29. The highest BCUT2D eigenvalue weighted by Gasteiger charge is 2.27. The van der Waals surface area contributed by atoms with Crippen LogP contribution in [0.2, 0.25) is 0 Å². The molecule has 29 heavy (non-hydrogen) atoms. The predicted octanol–water partition coefficient (Wildman–Crippen LogP) is 1.82. The topological polar surface area (TPSA) is 132 Å². The van der Waals surface area contributed by atoms with E-state index < -0.39 is 4.92 Å². The van der Waals surface area contributed by atoms with Gasteiger partial charge in [-0.1, -0.05) is 12.1 Å². The van der Waals surface area contributed by atoms with Crippen molar-refractivity contribution in [2.24, 2.45) is 5.92 Å². The first-order chi connectivity index (χ1) is 14.1. The molecule has 1 fully saturated rings. The van der Waals surface area contributed by atoms with Gasteiger partial charge in [0, 0.05) is 31.1 Å². The Morgan fingerprint density at radius 2 is 1.90 bits per heavy atom. The molecule has 2 aromatic heterocycles. The molecule has 1 aliphatic heterocycles. The number of carbonyl (C=O) groups excluding carboxylic acids is 1. The van der Waals surface area contributed by atoms with Gasteiger partial charge in [-0.05, 0) is 18.9 Å². The van der Waals surface area contributed by atoms with Crippen molar-refractivity contribution in [2.75, 3.05) is 23.3 Å². The van der Waals surface area contributed by atoms with Crippen LogP contribution in [-0.4, -0.2) is 48.7 Å². The molecule has 1 N–H and O–H groups in total. The Morgan fingerprint density at radius 1 is 1.14 bits per heavy atom. The number of piperidine rings is 1. The third-order valence-corrected chi connectivity index (χ3v) is 4.84. The second-order valence-corrected chi connectivity index (χ2v) is 6.60. The number of benzene rings is 1. The van der Waals surface area contributed by atoms with E-state index in [4.69, 9.17) is 0 Å². The van der Waals surface area contributed by atoms with Gasteiger partial charge in [-0.2, -0.15) is 5.10 Å². The number of nitrogens with one attached hydrogen (secondary N) is 1. The fourth-order valence-corrected chi connectivity index (χ4v) is 3.31. The zero-order valence-corrected chi connectivity index (χ0v) is 15.4. The molecule has 11 nitrogen and oxygen atoms in total. The number of nitro groups is 1. The fourth-order valence-electron chi connectivity index (χ4n) is 3.31. The van der Waals surface area contributed by atoms with Gasteiger partial charge in [0.2, 0.25) is 5.91 Å². The maximum absolute atomic E-state index is 12.6. The number of nitrogens with zero attached hydrogens (tertiary/aromatic N) is 7. The van der Waals surface area contributed by atoms with Gasteiger partial charge in [-0.25, -0.2) is 19.6 Å². The molecule has 0 unspecified atom stereocenters. The normalized spacial score (nSPS) is 14.6. The third-order valence-electron chi connectivity index (χ3n) is 4.84. The first-order valence-corrected chi connectivity index (χ1v) is 9.08. The van der Waals surface area contributed by atoms with Crippen LogP contribution in [0.1, 0.15) is 12.8 Å². The Bertz CT molecular complexity index is 1020. The van der Waals surface area contributed by atoms with E-state index in [0.29, 0.717) is 31.7 Å². The van der Waals surface area contributed by atoms with Crippen LogP contribution in [0.4, 0.5) is 17.2 Å². The van der Waals surface area contributed by atoms with Crippen molar-refractivity contribution in [3.63, 3.8) is 0 Å². The molecule has 1 saturated heterocycles. The summed E-state index contributed by atoms with van der Waals surface area (Å²) in [5, 5.41) is 17.9. The van der Waals surface area contributed by atoms with E-state index in [9.17, 15) is 14.9 Å². The Morgan fingerprint density at radius 3 is 2.62 bits per heavy atom. The molecule has 3 aromatic rings. The summed E-state index contributed by atoms with van der Waals surface area (Å²) in [6.45, 7) is 1.28. The Balaban J connectivity index is 1.39. The largest absolute Gasteiger partial charge is 0.356 e. The van der Waals surface area contributed by atoms with Crippen molar-refractivity contribution in [1.82, 2.24) is 24.7 Å². The summed E-state index contributed by atoms with van der Waals surface area (Å²) in [5.74, 6) is 0.944. The summed E-state index contributed by atoms with van der Waals surface area (Å²) in [7, 11) is 0. The minimum Gasteiger partial charge on any atom is -0.356 e. The number of hydrogen-bond acceptors (Lipinski definition) is 8. The van der Waals surface area contributed by atoms with Gasteiger partial charge < -0.3 is 10.2 Å². The van der Waals surface area contributed by atoms with E-state index in [-0.39, 0.29) is 23.2 Å².